The highest BCUT2D eigenvalue weighted by Gasteiger charge is 2.13. The number of hydrogen-bond donors (Lipinski definition) is 2. The summed E-state index contributed by atoms with van der Waals surface area (Å²) in [4.78, 5) is 24.7. The minimum Gasteiger partial charge on any atom is -0.483 e. The van der Waals surface area contributed by atoms with Crippen molar-refractivity contribution in [2.45, 2.75) is 6.92 Å². The summed E-state index contributed by atoms with van der Waals surface area (Å²) in [6, 6.07) is 21.6. The number of carbonyl (C=O) groups is 2. The highest BCUT2D eigenvalue weighted by Crippen LogP contribution is 2.22. The van der Waals surface area contributed by atoms with Crippen LogP contribution in [0.2, 0.25) is 0 Å². The third kappa shape index (κ3) is 5.80. The van der Waals surface area contributed by atoms with Crippen LogP contribution < -0.4 is 15.4 Å². The molecule has 6 nitrogen and oxygen atoms in total. The van der Waals surface area contributed by atoms with Crippen molar-refractivity contribution in [1.82, 2.24) is 0 Å². The molecule has 0 unspecified atom stereocenters. The Labute approximate surface area is 185 Å². The van der Waals surface area contributed by atoms with Gasteiger partial charge in [0.1, 0.15) is 23.2 Å². The summed E-state index contributed by atoms with van der Waals surface area (Å²) >= 11 is 0. The standard InChI is InChI=1S/C25H20FN3O3/c1-17-8-2-5-11-21(17)29-25(31)19(15-27)14-18-9-3-7-13-23(18)32-16-24(30)28-22-12-6-4-10-20(22)26/h2-14H,16H2,1H3,(H,28,30)(H,29,31)/b19-14-. The zero-order valence-electron chi connectivity index (χ0n) is 17.3. The van der Waals surface area contributed by atoms with Crippen LogP contribution >= 0.6 is 0 Å². The van der Waals surface area contributed by atoms with Crippen molar-refractivity contribution in [3.8, 4) is 11.8 Å². The number of para-hydroxylation sites is 3. The van der Waals surface area contributed by atoms with E-state index in [4.69, 9.17) is 4.74 Å². The van der Waals surface area contributed by atoms with Crippen LogP contribution in [0, 0.1) is 24.1 Å². The molecule has 160 valence electrons. The number of anilines is 2. The molecule has 0 saturated carbocycles. The summed E-state index contributed by atoms with van der Waals surface area (Å²) < 4.78 is 19.2. The molecule has 0 bridgehead atoms. The van der Waals surface area contributed by atoms with Gasteiger partial charge in [-0.2, -0.15) is 5.26 Å². The van der Waals surface area contributed by atoms with Gasteiger partial charge in [-0.15, -0.1) is 0 Å². The molecule has 0 aliphatic rings. The predicted octanol–water partition coefficient (Wildman–Crippen LogP) is 4.70. The molecule has 0 saturated heterocycles. The second-order valence-electron chi connectivity index (χ2n) is 6.79. The Morgan fingerprint density at radius 1 is 0.969 bits per heavy atom. The van der Waals surface area contributed by atoms with E-state index in [1.54, 1.807) is 42.5 Å². The van der Waals surface area contributed by atoms with Crippen molar-refractivity contribution in [1.29, 1.82) is 5.26 Å². The Balaban J connectivity index is 1.72. The highest BCUT2D eigenvalue weighted by molar-refractivity contribution is 6.10. The molecule has 3 aromatic carbocycles. The normalized spacial score (nSPS) is 10.7. The first-order chi connectivity index (χ1) is 15.5. The second-order valence-corrected chi connectivity index (χ2v) is 6.79. The molecule has 0 fully saturated rings. The van der Waals surface area contributed by atoms with Gasteiger partial charge in [0.2, 0.25) is 0 Å². The van der Waals surface area contributed by atoms with Gasteiger partial charge in [0.15, 0.2) is 6.61 Å². The summed E-state index contributed by atoms with van der Waals surface area (Å²) in [5.41, 5.74) is 1.84. The Hall–Kier alpha value is -4.44. The maximum absolute atomic E-state index is 13.7. The van der Waals surface area contributed by atoms with E-state index >= 15 is 0 Å². The van der Waals surface area contributed by atoms with Crippen LogP contribution in [-0.2, 0) is 9.59 Å². The monoisotopic (exact) mass is 429 g/mol. The van der Waals surface area contributed by atoms with E-state index in [1.165, 1.54) is 24.3 Å². The number of benzene rings is 3. The van der Waals surface area contributed by atoms with Gasteiger partial charge in [0.05, 0.1) is 5.69 Å². The number of carbonyl (C=O) groups excluding carboxylic acids is 2. The van der Waals surface area contributed by atoms with E-state index in [9.17, 15) is 19.2 Å². The average Bonchev–Trinajstić information content (AvgIpc) is 2.79. The number of nitriles is 1. The molecule has 2 amide bonds. The van der Waals surface area contributed by atoms with Crippen LogP contribution in [0.1, 0.15) is 11.1 Å². The Morgan fingerprint density at radius 3 is 2.34 bits per heavy atom. The van der Waals surface area contributed by atoms with E-state index in [-0.39, 0.29) is 17.9 Å². The molecule has 0 spiro atoms. The maximum atomic E-state index is 13.7. The number of halogens is 1. The summed E-state index contributed by atoms with van der Waals surface area (Å²) in [6.07, 6.45) is 1.39. The van der Waals surface area contributed by atoms with Crippen LogP contribution in [0.25, 0.3) is 6.08 Å². The van der Waals surface area contributed by atoms with Crippen LogP contribution in [0.5, 0.6) is 5.75 Å². The lowest BCUT2D eigenvalue weighted by molar-refractivity contribution is -0.118. The minimum absolute atomic E-state index is 0.0499. The van der Waals surface area contributed by atoms with Gasteiger partial charge in [0.25, 0.3) is 11.8 Å². The Kier molecular flexibility index (Phi) is 7.33. The molecular formula is C25H20FN3O3. The van der Waals surface area contributed by atoms with Gasteiger partial charge in [0, 0.05) is 11.3 Å². The number of aryl methyl sites for hydroxylation is 1. The fraction of sp³-hybridized carbons (Fsp3) is 0.0800. The average molecular weight is 429 g/mol. The fourth-order valence-electron chi connectivity index (χ4n) is 2.83. The number of ether oxygens (including phenoxy) is 1. The smallest absolute Gasteiger partial charge is 0.266 e. The molecule has 0 atom stereocenters. The quantitative estimate of drug-likeness (QED) is 0.421. The summed E-state index contributed by atoms with van der Waals surface area (Å²) in [5.74, 6) is -1.37. The molecule has 0 aliphatic carbocycles. The number of amides is 2. The first kappa shape index (κ1) is 22.2. The molecule has 7 heteroatoms. The van der Waals surface area contributed by atoms with Gasteiger partial charge < -0.3 is 15.4 Å². The van der Waals surface area contributed by atoms with Gasteiger partial charge in [-0.05, 0) is 42.8 Å². The molecule has 0 heterocycles. The van der Waals surface area contributed by atoms with Crippen molar-refractivity contribution in [3.05, 3.63) is 95.3 Å². The Bertz CT molecular complexity index is 1210. The largest absolute Gasteiger partial charge is 0.483 e. The van der Waals surface area contributed by atoms with Gasteiger partial charge in [-0.1, -0.05) is 48.5 Å². The molecule has 2 N–H and O–H groups in total. The highest BCUT2D eigenvalue weighted by atomic mass is 19.1. The zero-order valence-corrected chi connectivity index (χ0v) is 17.3. The van der Waals surface area contributed by atoms with E-state index in [2.05, 4.69) is 10.6 Å². The zero-order chi connectivity index (χ0) is 22.9. The lowest BCUT2D eigenvalue weighted by atomic mass is 10.1. The van der Waals surface area contributed by atoms with Gasteiger partial charge in [-0.3, -0.25) is 9.59 Å². The number of nitrogens with zero attached hydrogens (tertiary/aromatic N) is 1. The van der Waals surface area contributed by atoms with Crippen molar-refractivity contribution in [3.63, 3.8) is 0 Å². The topological polar surface area (TPSA) is 91.2 Å². The maximum Gasteiger partial charge on any atom is 0.266 e. The molecule has 0 aliphatic heterocycles. The third-order valence-corrected chi connectivity index (χ3v) is 4.48. The summed E-state index contributed by atoms with van der Waals surface area (Å²) in [7, 11) is 0. The van der Waals surface area contributed by atoms with Crippen LogP contribution in [-0.4, -0.2) is 18.4 Å². The number of nitrogens with one attached hydrogen (secondary N) is 2. The van der Waals surface area contributed by atoms with Crippen LogP contribution in [0.4, 0.5) is 15.8 Å². The molecule has 3 aromatic rings. The minimum atomic E-state index is -0.561. The van der Waals surface area contributed by atoms with Crippen molar-refractivity contribution < 1.29 is 18.7 Å². The van der Waals surface area contributed by atoms with E-state index in [0.717, 1.165) is 5.56 Å². The molecule has 3 rings (SSSR count). The van der Waals surface area contributed by atoms with Gasteiger partial charge in [-0.25, -0.2) is 4.39 Å². The fourth-order valence-corrected chi connectivity index (χ4v) is 2.83. The lowest BCUT2D eigenvalue weighted by Gasteiger charge is -2.11. The predicted molar refractivity (Wildman–Crippen MR) is 120 cm³/mol. The number of rotatable bonds is 7. The summed E-state index contributed by atoms with van der Waals surface area (Å²) in [5, 5.41) is 14.6. The SMILES string of the molecule is Cc1ccccc1NC(=O)/C(C#N)=C\c1ccccc1OCC(=O)Nc1ccccc1F. The molecule has 0 aromatic heterocycles. The van der Waals surface area contributed by atoms with Crippen LogP contribution in [0.3, 0.4) is 0 Å². The summed E-state index contributed by atoms with van der Waals surface area (Å²) in [6.45, 7) is 1.47. The van der Waals surface area contributed by atoms with Crippen molar-refractivity contribution in [2.75, 3.05) is 17.2 Å². The van der Waals surface area contributed by atoms with E-state index in [0.29, 0.717) is 17.0 Å². The first-order valence-corrected chi connectivity index (χ1v) is 9.73. The van der Waals surface area contributed by atoms with Crippen molar-refractivity contribution in [2.24, 2.45) is 0 Å². The van der Waals surface area contributed by atoms with Crippen molar-refractivity contribution >= 4 is 29.3 Å². The van der Waals surface area contributed by atoms with E-state index in [1.807, 2.05) is 25.1 Å². The molecule has 32 heavy (non-hydrogen) atoms. The third-order valence-electron chi connectivity index (χ3n) is 4.48. The Morgan fingerprint density at radius 2 is 1.62 bits per heavy atom. The molecule has 0 radical (unpaired) electrons. The van der Waals surface area contributed by atoms with E-state index < -0.39 is 17.6 Å². The van der Waals surface area contributed by atoms with Crippen LogP contribution in [0.15, 0.2) is 78.4 Å². The van der Waals surface area contributed by atoms with Gasteiger partial charge >= 0.3 is 0 Å². The number of hydrogen-bond acceptors (Lipinski definition) is 4. The first-order valence-electron chi connectivity index (χ1n) is 9.73. The lowest BCUT2D eigenvalue weighted by Crippen LogP contribution is -2.21. The molecular weight excluding hydrogens is 409 g/mol. The second kappa shape index (κ2) is 10.5.